The topological polar surface area (TPSA) is 53.4 Å². The van der Waals surface area contributed by atoms with Gasteiger partial charge in [-0.15, -0.1) is 12.4 Å². The summed E-state index contributed by atoms with van der Waals surface area (Å²) in [7, 11) is 0. The van der Waals surface area contributed by atoms with E-state index < -0.39 is 5.97 Å². The highest BCUT2D eigenvalue weighted by Gasteiger charge is 2.26. The SMILES string of the molecule is CC(C)c1ccc(-c2nc(N(CCC(=O)O)C3CCCC3)sc2Cl)cc1.Cl. The maximum absolute atomic E-state index is 11.1. The Bertz CT molecular complexity index is 756. The van der Waals surface area contributed by atoms with Crippen molar-refractivity contribution in [3.63, 3.8) is 0 Å². The fraction of sp³-hybridized carbons (Fsp3) is 0.500. The van der Waals surface area contributed by atoms with Gasteiger partial charge in [0.15, 0.2) is 5.13 Å². The molecule has 1 aromatic carbocycles. The van der Waals surface area contributed by atoms with Crippen molar-refractivity contribution in [2.75, 3.05) is 11.4 Å². The van der Waals surface area contributed by atoms with E-state index >= 15 is 0 Å². The molecule has 1 aromatic heterocycles. The number of carbonyl (C=O) groups is 1. The van der Waals surface area contributed by atoms with Crippen molar-refractivity contribution < 1.29 is 9.90 Å². The molecule has 148 valence electrons. The van der Waals surface area contributed by atoms with Crippen LogP contribution in [0.25, 0.3) is 11.3 Å². The number of carboxylic acid groups (broad SMARTS) is 1. The third-order valence-electron chi connectivity index (χ3n) is 5.00. The Morgan fingerprint density at radius 1 is 1.30 bits per heavy atom. The van der Waals surface area contributed by atoms with E-state index in [-0.39, 0.29) is 18.8 Å². The van der Waals surface area contributed by atoms with E-state index in [2.05, 4.69) is 43.0 Å². The van der Waals surface area contributed by atoms with Gasteiger partial charge in [-0.25, -0.2) is 4.98 Å². The van der Waals surface area contributed by atoms with Gasteiger partial charge in [0.1, 0.15) is 10.0 Å². The van der Waals surface area contributed by atoms with Crippen LogP contribution in [-0.2, 0) is 4.79 Å². The molecule has 27 heavy (non-hydrogen) atoms. The van der Waals surface area contributed by atoms with Gasteiger partial charge in [0.05, 0.1) is 6.42 Å². The Morgan fingerprint density at radius 2 is 1.93 bits per heavy atom. The predicted molar refractivity (Wildman–Crippen MR) is 116 cm³/mol. The van der Waals surface area contributed by atoms with Gasteiger partial charge in [-0.2, -0.15) is 0 Å². The second kappa shape index (κ2) is 9.76. The zero-order chi connectivity index (χ0) is 18.7. The lowest BCUT2D eigenvalue weighted by atomic mass is 10.0. The first-order valence-corrected chi connectivity index (χ1v) is 10.4. The zero-order valence-electron chi connectivity index (χ0n) is 15.7. The molecule has 1 N–H and O–H groups in total. The molecule has 0 aliphatic heterocycles. The molecule has 0 bridgehead atoms. The molecule has 0 saturated heterocycles. The highest BCUT2D eigenvalue weighted by atomic mass is 35.5. The van der Waals surface area contributed by atoms with Crippen molar-refractivity contribution in [1.29, 1.82) is 0 Å². The average Bonchev–Trinajstić information content (AvgIpc) is 3.25. The zero-order valence-corrected chi connectivity index (χ0v) is 18.0. The van der Waals surface area contributed by atoms with Crippen LogP contribution < -0.4 is 4.90 Å². The highest BCUT2D eigenvalue weighted by molar-refractivity contribution is 7.20. The molecule has 0 spiro atoms. The lowest BCUT2D eigenvalue weighted by molar-refractivity contribution is -0.136. The molecule has 1 heterocycles. The lowest BCUT2D eigenvalue weighted by Crippen LogP contribution is -2.35. The van der Waals surface area contributed by atoms with Crippen LogP contribution >= 0.6 is 35.3 Å². The highest BCUT2D eigenvalue weighted by Crippen LogP contribution is 2.39. The molecule has 1 saturated carbocycles. The minimum atomic E-state index is -0.778. The summed E-state index contributed by atoms with van der Waals surface area (Å²) in [5.74, 6) is -0.292. The first kappa shape index (κ1) is 22.0. The number of hydrogen-bond donors (Lipinski definition) is 1. The Balaban J connectivity index is 0.00000261. The lowest BCUT2D eigenvalue weighted by Gasteiger charge is -2.27. The van der Waals surface area contributed by atoms with Crippen molar-refractivity contribution in [3.8, 4) is 11.3 Å². The summed E-state index contributed by atoms with van der Waals surface area (Å²) < 4.78 is 0.663. The molecule has 4 nitrogen and oxygen atoms in total. The van der Waals surface area contributed by atoms with E-state index in [1.54, 1.807) is 0 Å². The smallest absolute Gasteiger partial charge is 0.305 e. The molecule has 1 aliphatic carbocycles. The molecule has 2 aromatic rings. The fourth-order valence-electron chi connectivity index (χ4n) is 3.48. The monoisotopic (exact) mass is 428 g/mol. The Labute approximate surface area is 176 Å². The first-order valence-electron chi connectivity index (χ1n) is 9.21. The third-order valence-corrected chi connectivity index (χ3v) is 6.29. The summed E-state index contributed by atoms with van der Waals surface area (Å²) in [4.78, 5) is 18.0. The van der Waals surface area contributed by atoms with Crippen LogP contribution in [0.2, 0.25) is 4.34 Å². The summed E-state index contributed by atoms with van der Waals surface area (Å²) in [6, 6.07) is 8.74. The van der Waals surface area contributed by atoms with Crippen LogP contribution in [-0.4, -0.2) is 28.6 Å². The van der Waals surface area contributed by atoms with Crippen LogP contribution in [0.15, 0.2) is 24.3 Å². The number of benzene rings is 1. The van der Waals surface area contributed by atoms with Crippen molar-refractivity contribution >= 4 is 46.4 Å². The Hall–Kier alpha value is -1.30. The normalized spacial score (nSPS) is 14.4. The Morgan fingerprint density at radius 3 is 2.48 bits per heavy atom. The van der Waals surface area contributed by atoms with E-state index in [4.69, 9.17) is 21.7 Å². The molecule has 3 rings (SSSR count). The number of hydrogen-bond acceptors (Lipinski definition) is 4. The van der Waals surface area contributed by atoms with Crippen molar-refractivity contribution in [3.05, 3.63) is 34.2 Å². The second-order valence-electron chi connectivity index (χ2n) is 7.17. The van der Waals surface area contributed by atoms with Crippen LogP contribution in [0.5, 0.6) is 0 Å². The fourth-order valence-corrected chi connectivity index (χ4v) is 4.76. The van der Waals surface area contributed by atoms with Crippen LogP contribution in [0.1, 0.15) is 57.4 Å². The molecule has 1 fully saturated rings. The summed E-state index contributed by atoms with van der Waals surface area (Å²) >= 11 is 7.96. The third kappa shape index (κ3) is 5.37. The van der Waals surface area contributed by atoms with E-state index in [0.717, 1.165) is 29.2 Å². The van der Waals surface area contributed by atoms with Crippen LogP contribution in [0.4, 0.5) is 5.13 Å². The van der Waals surface area contributed by atoms with Gasteiger partial charge in [0.2, 0.25) is 0 Å². The number of nitrogens with zero attached hydrogens (tertiary/aromatic N) is 2. The van der Waals surface area contributed by atoms with Crippen molar-refractivity contribution in [1.82, 2.24) is 4.98 Å². The summed E-state index contributed by atoms with van der Waals surface area (Å²) in [6.07, 6.45) is 4.68. The van der Waals surface area contributed by atoms with E-state index in [9.17, 15) is 4.79 Å². The van der Waals surface area contributed by atoms with Gasteiger partial charge in [0, 0.05) is 18.2 Å². The number of rotatable bonds is 7. The molecule has 0 unspecified atom stereocenters. The summed E-state index contributed by atoms with van der Waals surface area (Å²) in [5, 5.41) is 9.93. The minimum absolute atomic E-state index is 0. The molecule has 7 heteroatoms. The maximum atomic E-state index is 11.1. The average molecular weight is 429 g/mol. The van der Waals surface area contributed by atoms with Gasteiger partial charge in [0.25, 0.3) is 0 Å². The predicted octanol–water partition coefficient (Wildman–Crippen LogP) is 6.23. The number of halogens is 2. The number of carboxylic acids is 1. The van der Waals surface area contributed by atoms with Crippen LogP contribution in [0, 0.1) is 0 Å². The number of anilines is 1. The Kier molecular flexibility index (Phi) is 7.95. The summed E-state index contributed by atoms with van der Waals surface area (Å²) in [5.41, 5.74) is 3.08. The molecule has 1 aliphatic rings. The minimum Gasteiger partial charge on any atom is -0.481 e. The van der Waals surface area contributed by atoms with Gasteiger partial charge >= 0.3 is 5.97 Å². The molecule has 0 radical (unpaired) electrons. The largest absolute Gasteiger partial charge is 0.481 e. The van der Waals surface area contributed by atoms with Gasteiger partial charge < -0.3 is 10.0 Å². The van der Waals surface area contributed by atoms with E-state index in [1.165, 1.54) is 29.7 Å². The number of thiazole rings is 1. The second-order valence-corrected chi connectivity index (χ2v) is 8.75. The molecular weight excluding hydrogens is 403 g/mol. The maximum Gasteiger partial charge on any atom is 0.305 e. The first-order chi connectivity index (χ1) is 12.5. The molecule has 0 amide bonds. The van der Waals surface area contributed by atoms with Gasteiger partial charge in [-0.1, -0.05) is 73.9 Å². The van der Waals surface area contributed by atoms with Gasteiger partial charge in [-0.05, 0) is 24.3 Å². The standard InChI is InChI=1S/C20H25ClN2O2S.ClH/c1-13(2)14-7-9-15(10-8-14)18-19(21)26-20(22-18)23(12-11-17(24)25)16-5-3-4-6-16;/h7-10,13,16H,3-6,11-12H2,1-2H3,(H,24,25);1H. The van der Waals surface area contributed by atoms with Crippen LogP contribution in [0.3, 0.4) is 0 Å². The van der Waals surface area contributed by atoms with Gasteiger partial charge in [-0.3, -0.25) is 4.79 Å². The van der Waals surface area contributed by atoms with Crippen molar-refractivity contribution in [2.24, 2.45) is 0 Å². The van der Waals surface area contributed by atoms with E-state index in [1.807, 2.05) is 0 Å². The number of aliphatic carboxylic acids is 1. The molecular formula is C20H26Cl2N2O2S. The van der Waals surface area contributed by atoms with E-state index in [0.29, 0.717) is 22.8 Å². The number of aromatic nitrogens is 1. The quantitative estimate of drug-likeness (QED) is 0.567. The van der Waals surface area contributed by atoms with Crippen molar-refractivity contribution in [2.45, 2.75) is 57.9 Å². The summed E-state index contributed by atoms with van der Waals surface area (Å²) in [6.45, 7) is 4.82. The molecule has 0 atom stereocenters.